The highest BCUT2D eigenvalue weighted by atomic mass is 35.5. The van der Waals surface area contributed by atoms with Gasteiger partial charge in [0, 0.05) is 24.0 Å². The standard InChI is InChI=1S/C16H21ClN2O2/c1-16(2,10-17)15(21)18-9-11-4-3-5-13(8-11)19-14(20)12-6-7-12/h3-5,8,12H,6-7,9-10H2,1-2H3,(H,18,21)(H,19,20). The van der Waals surface area contributed by atoms with Crippen LogP contribution < -0.4 is 10.6 Å². The fourth-order valence-electron chi connectivity index (χ4n) is 1.83. The number of amides is 2. The van der Waals surface area contributed by atoms with E-state index in [1.807, 2.05) is 38.1 Å². The highest BCUT2D eigenvalue weighted by Crippen LogP contribution is 2.30. The summed E-state index contributed by atoms with van der Waals surface area (Å²) in [5.74, 6) is 0.457. The van der Waals surface area contributed by atoms with Gasteiger partial charge in [0.1, 0.15) is 0 Å². The van der Waals surface area contributed by atoms with Crippen molar-refractivity contribution in [2.75, 3.05) is 11.2 Å². The maximum Gasteiger partial charge on any atom is 0.227 e. The lowest BCUT2D eigenvalue weighted by Gasteiger charge is -2.20. The van der Waals surface area contributed by atoms with Gasteiger partial charge in [-0.3, -0.25) is 9.59 Å². The molecule has 0 bridgehead atoms. The molecule has 2 rings (SSSR count). The third kappa shape index (κ3) is 4.46. The quantitative estimate of drug-likeness (QED) is 0.794. The van der Waals surface area contributed by atoms with Crippen LogP contribution in [0.2, 0.25) is 0 Å². The van der Waals surface area contributed by atoms with E-state index in [0.717, 1.165) is 24.1 Å². The van der Waals surface area contributed by atoms with Crippen molar-refractivity contribution >= 4 is 29.1 Å². The van der Waals surface area contributed by atoms with E-state index in [0.29, 0.717) is 6.54 Å². The molecule has 1 aromatic rings. The minimum atomic E-state index is -0.584. The Hall–Kier alpha value is -1.55. The Balaban J connectivity index is 1.91. The van der Waals surface area contributed by atoms with Gasteiger partial charge in [0.05, 0.1) is 5.41 Å². The van der Waals surface area contributed by atoms with Gasteiger partial charge in [-0.15, -0.1) is 11.6 Å². The molecule has 1 saturated carbocycles. The average Bonchev–Trinajstić information content (AvgIpc) is 3.29. The number of halogens is 1. The summed E-state index contributed by atoms with van der Waals surface area (Å²) in [6, 6.07) is 7.53. The fraction of sp³-hybridized carbons (Fsp3) is 0.500. The molecule has 1 aliphatic carbocycles. The summed E-state index contributed by atoms with van der Waals surface area (Å²) >= 11 is 5.78. The van der Waals surface area contributed by atoms with Crippen LogP contribution in [0.25, 0.3) is 0 Å². The van der Waals surface area contributed by atoms with E-state index in [4.69, 9.17) is 11.6 Å². The van der Waals surface area contributed by atoms with Gasteiger partial charge >= 0.3 is 0 Å². The first-order valence-electron chi connectivity index (χ1n) is 7.16. The molecular weight excluding hydrogens is 288 g/mol. The Morgan fingerprint density at radius 3 is 2.67 bits per heavy atom. The number of carbonyl (C=O) groups excluding carboxylic acids is 2. The Labute approximate surface area is 130 Å². The first-order valence-corrected chi connectivity index (χ1v) is 7.70. The van der Waals surface area contributed by atoms with Crippen molar-refractivity contribution in [1.29, 1.82) is 0 Å². The number of anilines is 1. The molecule has 1 aliphatic rings. The van der Waals surface area contributed by atoms with E-state index in [9.17, 15) is 9.59 Å². The Kier molecular flexibility index (Phi) is 4.88. The molecule has 2 N–H and O–H groups in total. The number of alkyl halides is 1. The predicted molar refractivity (Wildman–Crippen MR) is 84.1 cm³/mol. The molecule has 0 unspecified atom stereocenters. The molecule has 1 fully saturated rings. The topological polar surface area (TPSA) is 58.2 Å². The second kappa shape index (κ2) is 6.48. The maximum atomic E-state index is 12.0. The van der Waals surface area contributed by atoms with Crippen LogP contribution in [0, 0.1) is 11.3 Å². The smallest absolute Gasteiger partial charge is 0.227 e. The third-order valence-corrected chi connectivity index (χ3v) is 4.21. The van der Waals surface area contributed by atoms with Gasteiger partial charge in [0.15, 0.2) is 0 Å². The molecule has 0 radical (unpaired) electrons. The molecule has 0 aromatic heterocycles. The van der Waals surface area contributed by atoms with Crippen molar-refractivity contribution in [3.05, 3.63) is 29.8 Å². The van der Waals surface area contributed by atoms with Gasteiger partial charge in [0.25, 0.3) is 0 Å². The SMILES string of the molecule is CC(C)(CCl)C(=O)NCc1cccc(NC(=O)C2CC2)c1. The van der Waals surface area contributed by atoms with Crippen molar-refractivity contribution < 1.29 is 9.59 Å². The van der Waals surface area contributed by atoms with Crippen LogP contribution in [0.1, 0.15) is 32.3 Å². The third-order valence-electron chi connectivity index (χ3n) is 3.54. The molecule has 0 spiro atoms. The monoisotopic (exact) mass is 308 g/mol. The molecule has 4 nitrogen and oxygen atoms in total. The minimum Gasteiger partial charge on any atom is -0.352 e. The minimum absolute atomic E-state index is 0.0788. The largest absolute Gasteiger partial charge is 0.352 e. The summed E-state index contributed by atoms with van der Waals surface area (Å²) < 4.78 is 0. The molecule has 0 saturated heterocycles. The van der Waals surface area contributed by atoms with E-state index in [2.05, 4.69) is 10.6 Å². The van der Waals surface area contributed by atoms with E-state index < -0.39 is 5.41 Å². The van der Waals surface area contributed by atoms with Crippen molar-refractivity contribution in [1.82, 2.24) is 5.32 Å². The van der Waals surface area contributed by atoms with E-state index in [1.54, 1.807) is 0 Å². The highest BCUT2D eigenvalue weighted by Gasteiger charge is 2.29. The zero-order valence-corrected chi connectivity index (χ0v) is 13.2. The molecular formula is C16H21ClN2O2. The lowest BCUT2D eigenvalue weighted by Crippen LogP contribution is -2.37. The molecule has 0 heterocycles. The van der Waals surface area contributed by atoms with Crippen molar-refractivity contribution in [2.45, 2.75) is 33.2 Å². The molecule has 2 amide bonds. The van der Waals surface area contributed by atoms with Gasteiger partial charge in [-0.05, 0) is 44.4 Å². The Morgan fingerprint density at radius 1 is 1.33 bits per heavy atom. The lowest BCUT2D eigenvalue weighted by atomic mass is 9.95. The summed E-state index contributed by atoms with van der Waals surface area (Å²) in [6.45, 7) is 4.04. The van der Waals surface area contributed by atoms with E-state index in [-0.39, 0.29) is 23.6 Å². The summed E-state index contributed by atoms with van der Waals surface area (Å²) in [7, 11) is 0. The average molecular weight is 309 g/mol. The lowest BCUT2D eigenvalue weighted by molar-refractivity contribution is -0.128. The normalized spacial score (nSPS) is 14.6. The summed E-state index contributed by atoms with van der Waals surface area (Å²) in [5.41, 5.74) is 1.14. The van der Waals surface area contributed by atoms with Crippen molar-refractivity contribution in [3.63, 3.8) is 0 Å². The number of benzene rings is 1. The van der Waals surface area contributed by atoms with Crippen LogP contribution in [-0.4, -0.2) is 17.7 Å². The first-order chi connectivity index (χ1) is 9.92. The fourth-order valence-corrected chi connectivity index (χ4v) is 1.95. The Bertz CT molecular complexity index is 539. The number of carbonyl (C=O) groups is 2. The number of hydrogen-bond acceptors (Lipinski definition) is 2. The van der Waals surface area contributed by atoms with Gasteiger partial charge < -0.3 is 10.6 Å². The number of nitrogens with one attached hydrogen (secondary N) is 2. The zero-order chi connectivity index (χ0) is 15.5. The van der Waals surface area contributed by atoms with E-state index in [1.165, 1.54) is 0 Å². The number of rotatable bonds is 6. The number of hydrogen-bond donors (Lipinski definition) is 2. The first kappa shape index (κ1) is 15.8. The molecule has 5 heteroatoms. The van der Waals surface area contributed by atoms with Gasteiger partial charge in [-0.2, -0.15) is 0 Å². The second-order valence-electron chi connectivity index (χ2n) is 6.16. The Morgan fingerprint density at radius 2 is 2.05 bits per heavy atom. The van der Waals surface area contributed by atoms with E-state index >= 15 is 0 Å². The molecule has 114 valence electrons. The van der Waals surface area contributed by atoms with Gasteiger partial charge in [-0.1, -0.05) is 12.1 Å². The summed E-state index contributed by atoms with van der Waals surface area (Å²) in [6.07, 6.45) is 1.96. The van der Waals surface area contributed by atoms with Crippen molar-refractivity contribution in [2.24, 2.45) is 11.3 Å². The molecule has 21 heavy (non-hydrogen) atoms. The van der Waals surface area contributed by atoms with Crippen LogP contribution in [0.3, 0.4) is 0 Å². The van der Waals surface area contributed by atoms with Crippen LogP contribution in [-0.2, 0) is 16.1 Å². The van der Waals surface area contributed by atoms with Crippen LogP contribution >= 0.6 is 11.6 Å². The molecule has 0 aliphatic heterocycles. The second-order valence-corrected chi connectivity index (χ2v) is 6.43. The molecule has 0 atom stereocenters. The van der Waals surface area contributed by atoms with Gasteiger partial charge in [-0.25, -0.2) is 0 Å². The predicted octanol–water partition coefficient (Wildman–Crippen LogP) is 2.92. The highest BCUT2D eigenvalue weighted by molar-refractivity contribution is 6.19. The maximum absolute atomic E-state index is 12.0. The van der Waals surface area contributed by atoms with Gasteiger partial charge in [0.2, 0.25) is 11.8 Å². The zero-order valence-electron chi connectivity index (χ0n) is 12.4. The molecule has 1 aromatic carbocycles. The summed E-state index contributed by atoms with van der Waals surface area (Å²) in [5, 5.41) is 5.77. The van der Waals surface area contributed by atoms with Crippen LogP contribution in [0.15, 0.2) is 24.3 Å². The van der Waals surface area contributed by atoms with Crippen molar-refractivity contribution in [3.8, 4) is 0 Å². The van der Waals surface area contributed by atoms with Crippen LogP contribution in [0.4, 0.5) is 5.69 Å². The summed E-state index contributed by atoms with van der Waals surface area (Å²) in [4.78, 5) is 23.7. The van der Waals surface area contributed by atoms with Crippen LogP contribution in [0.5, 0.6) is 0 Å².